The Morgan fingerprint density at radius 1 is 1.05 bits per heavy atom. The first-order valence-electron chi connectivity index (χ1n) is 12.2. The average Bonchev–Trinajstić information content (AvgIpc) is 3.23. The molecule has 0 aliphatic rings. The van der Waals surface area contributed by atoms with Gasteiger partial charge in [-0.25, -0.2) is 8.42 Å². The number of fused-ring (bicyclic) bond motifs is 1. The van der Waals surface area contributed by atoms with Crippen molar-refractivity contribution in [3.8, 4) is 23.8 Å². The Bertz CT molecular complexity index is 1440. The summed E-state index contributed by atoms with van der Waals surface area (Å²) < 4.78 is 41.3. The summed E-state index contributed by atoms with van der Waals surface area (Å²) in [5.74, 6) is 3.21. The number of aromatic nitrogens is 1. The van der Waals surface area contributed by atoms with E-state index in [4.69, 9.17) is 15.9 Å². The largest absolute Gasteiger partial charge is 0.493 e. The molecule has 1 amide bonds. The minimum Gasteiger partial charge on any atom is -0.493 e. The summed E-state index contributed by atoms with van der Waals surface area (Å²) in [5.41, 5.74) is 1.06. The molecule has 0 saturated heterocycles. The van der Waals surface area contributed by atoms with Crippen molar-refractivity contribution in [2.24, 2.45) is 4.99 Å². The summed E-state index contributed by atoms with van der Waals surface area (Å²) in [6.45, 7) is 5.23. The van der Waals surface area contributed by atoms with E-state index in [9.17, 15) is 13.2 Å². The normalized spacial score (nSPS) is 12.2. The number of ether oxygens (including phenoxy) is 2. The molecule has 0 aliphatic heterocycles. The highest BCUT2D eigenvalue weighted by molar-refractivity contribution is 7.89. The van der Waals surface area contributed by atoms with E-state index in [1.54, 1.807) is 24.9 Å². The predicted molar refractivity (Wildman–Crippen MR) is 147 cm³/mol. The molecule has 0 fully saturated rings. The van der Waals surface area contributed by atoms with Crippen LogP contribution in [0.25, 0.3) is 10.2 Å². The van der Waals surface area contributed by atoms with Crippen molar-refractivity contribution in [2.45, 2.75) is 51.0 Å². The van der Waals surface area contributed by atoms with Gasteiger partial charge in [0.25, 0.3) is 5.91 Å². The van der Waals surface area contributed by atoms with E-state index >= 15 is 0 Å². The van der Waals surface area contributed by atoms with Crippen molar-refractivity contribution in [1.29, 1.82) is 0 Å². The molecule has 3 rings (SSSR count). The zero-order valence-electron chi connectivity index (χ0n) is 21.7. The molecule has 0 aliphatic carbocycles. The summed E-state index contributed by atoms with van der Waals surface area (Å²) >= 11 is 1.30. The van der Waals surface area contributed by atoms with Gasteiger partial charge in [-0.05, 0) is 37.1 Å². The van der Waals surface area contributed by atoms with Gasteiger partial charge in [0, 0.05) is 30.8 Å². The Balaban J connectivity index is 1.96. The van der Waals surface area contributed by atoms with Crippen molar-refractivity contribution in [3.63, 3.8) is 0 Å². The maximum absolute atomic E-state index is 13.2. The fraction of sp³-hybridized carbons (Fsp3) is 0.407. The molecule has 198 valence electrons. The topological polar surface area (TPSA) is 90.2 Å². The zero-order valence-corrected chi connectivity index (χ0v) is 23.3. The first-order valence-corrected chi connectivity index (χ1v) is 14.4. The van der Waals surface area contributed by atoms with Crippen LogP contribution in [0.15, 0.2) is 46.3 Å². The third kappa shape index (κ3) is 6.42. The van der Waals surface area contributed by atoms with Gasteiger partial charge in [0.1, 0.15) is 0 Å². The van der Waals surface area contributed by atoms with Gasteiger partial charge in [-0.2, -0.15) is 9.30 Å². The Kier molecular flexibility index (Phi) is 9.92. The number of carbonyl (C=O) groups is 1. The molecule has 2 aromatic carbocycles. The van der Waals surface area contributed by atoms with Crippen LogP contribution in [0, 0.1) is 12.3 Å². The number of amides is 1. The number of benzene rings is 2. The van der Waals surface area contributed by atoms with Crippen LogP contribution in [0.2, 0.25) is 0 Å². The van der Waals surface area contributed by atoms with Gasteiger partial charge in [-0.1, -0.05) is 43.9 Å². The van der Waals surface area contributed by atoms with E-state index < -0.39 is 15.9 Å². The number of methoxy groups -OCH3 is 2. The van der Waals surface area contributed by atoms with Crippen LogP contribution in [0.1, 0.15) is 49.9 Å². The maximum Gasteiger partial charge on any atom is 0.279 e. The van der Waals surface area contributed by atoms with Gasteiger partial charge in [0.15, 0.2) is 16.3 Å². The molecule has 10 heteroatoms. The number of carbonyl (C=O) groups excluding carboxylic acids is 1. The highest BCUT2D eigenvalue weighted by Crippen LogP contribution is 2.33. The molecule has 8 nitrogen and oxygen atoms in total. The molecule has 0 radical (unpaired) electrons. The second kappa shape index (κ2) is 12.9. The van der Waals surface area contributed by atoms with E-state index in [1.807, 2.05) is 19.9 Å². The molecule has 3 aromatic rings. The van der Waals surface area contributed by atoms with Gasteiger partial charge in [-0.15, -0.1) is 6.42 Å². The van der Waals surface area contributed by atoms with Crippen molar-refractivity contribution in [2.75, 3.05) is 27.3 Å². The molecule has 0 N–H and O–H groups in total. The molecular formula is C27H33N3O5S2. The van der Waals surface area contributed by atoms with Crippen LogP contribution < -0.4 is 14.3 Å². The summed E-state index contributed by atoms with van der Waals surface area (Å²) in [4.78, 5) is 17.9. The lowest BCUT2D eigenvalue weighted by Gasteiger charge is -2.22. The molecule has 0 unspecified atom stereocenters. The lowest BCUT2D eigenvalue weighted by atomic mass is 10.2. The van der Waals surface area contributed by atoms with Gasteiger partial charge in [0.2, 0.25) is 10.0 Å². The van der Waals surface area contributed by atoms with Gasteiger partial charge < -0.3 is 14.0 Å². The average molecular weight is 544 g/mol. The van der Waals surface area contributed by atoms with Gasteiger partial charge in [0.05, 0.1) is 35.9 Å². The van der Waals surface area contributed by atoms with Gasteiger partial charge in [-0.3, -0.25) is 4.79 Å². The molecule has 0 atom stereocenters. The molecule has 1 aromatic heterocycles. The summed E-state index contributed by atoms with van der Waals surface area (Å²) in [6, 6.07) is 9.56. The van der Waals surface area contributed by atoms with Crippen LogP contribution >= 0.6 is 11.3 Å². The number of hydrogen-bond donors (Lipinski definition) is 0. The SMILES string of the molecule is C#CCn1c(=NC(=O)c2ccc(S(=O)(=O)N(CCCC)CCCC)cc2)sc2cc(OC)c(OC)cc21. The summed E-state index contributed by atoms with van der Waals surface area (Å²) in [5, 5.41) is 0. The van der Waals surface area contributed by atoms with E-state index in [0.29, 0.717) is 29.4 Å². The van der Waals surface area contributed by atoms with Crippen molar-refractivity contribution < 1.29 is 22.7 Å². The predicted octanol–water partition coefficient (Wildman–Crippen LogP) is 4.69. The van der Waals surface area contributed by atoms with Crippen LogP contribution in [0.4, 0.5) is 0 Å². The third-order valence-corrected chi connectivity index (χ3v) is 8.85. The summed E-state index contributed by atoms with van der Waals surface area (Å²) in [7, 11) is -0.546. The molecule has 1 heterocycles. The standard InChI is InChI=1S/C27H33N3O5S2/c1-6-9-16-29(17-10-7-2)37(32,33)21-13-11-20(12-14-21)26(31)28-27-30(15-8-3)22-18-23(34-4)24(35-5)19-25(22)36-27/h3,11-14,18-19H,6-7,9-10,15-17H2,1-2,4-5H3. The number of nitrogens with zero attached hydrogens (tertiary/aromatic N) is 3. The first kappa shape index (κ1) is 28.4. The number of sulfonamides is 1. The minimum atomic E-state index is -3.65. The Morgan fingerprint density at radius 2 is 1.65 bits per heavy atom. The number of hydrogen-bond acceptors (Lipinski definition) is 6. The highest BCUT2D eigenvalue weighted by Gasteiger charge is 2.24. The molecule has 37 heavy (non-hydrogen) atoms. The zero-order chi connectivity index (χ0) is 27.0. The Labute approximate surface area is 222 Å². The number of rotatable bonds is 12. The van der Waals surface area contributed by atoms with E-state index in [-0.39, 0.29) is 17.0 Å². The fourth-order valence-electron chi connectivity index (χ4n) is 3.82. The quantitative estimate of drug-likeness (QED) is 0.309. The van der Waals surface area contributed by atoms with E-state index in [0.717, 1.165) is 35.9 Å². The number of terminal acetylenes is 1. The smallest absolute Gasteiger partial charge is 0.279 e. The molecular weight excluding hydrogens is 510 g/mol. The molecule has 0 bridgehead atoms. The van der Waals surface area contributed by atoms with Crippen LogP contribution in [0.5, 0.6) is 11.5 Å². The lowest BCUT2D eigenvalue weighted by molar-refractivity contribution is 0.0997. The highest BCUT2D eigenvalue weighted by atomic mass is 32.2. The van der Waals surface area contributed by atoms with Crippen LogP contribution in [-0.4, -0.2) is 50.5 Å². The van der Waals surface area contributed by atoms with Crippen molar-refractivity contribution >= 4 is 37.5 Å². The Morgan fingerprint density at radius 3 is 2.19 bits per heavy atom. The second-order valence-corrected chi connectivity index (χ2v) is 11.3. The first-order chi connectivity index (χ1) is 17.8. The fourth-order valence-corrected chi connectivity index (χ4v) is 6.37. The molecule has 0 spiro atoms. The maximum atomic E-state index is 13.2. The number of thiazole rings is 1. The van der Waals surface area contributed by atoms with Crippen molar-refractivity contribution in [3.05, 3.63) is 46.8 Å². The third-order valence-electron chi connectivity index (χ3n) is 5.90. The minimum absolute atomic E-state index is 0.166. The van der Waals surface area contributed by atoms with Crippen LogP contribution in [-0.2, 0) is 16.6 Å². The van der Waals surface area contributed by atoms with Crippen molar-refractivity contribution in [1.82, 2.24) is 8.87 Å². The Hall–Kier alpha value is -3.13. The summed E-state index contributed by atoms with van der Waals surface area (Å²) in [6.07, 6.45) is 8.98. The monoisotopic (exact) mass is 543 g/mol. The molecule has 0 saturated carbocycles. The lowest BCUT2D eigenvalue weighted by Crippen LogP contribution is -2.33. The van der Waals surface area contributed by atoms with Crippen LogP contribution in [0.3, 0.4) is 0 Å². The second-order valence-electron chi connectivity index (χ2n) is 8.40. The number of unbranched alkanes of at least 4 members (excludes halogenated alkanes) is 2. The van der Waals surface area contributed by atoms with E-state index in [2.05, 4.69) is 10.9 Å². The van der Waals surface area contributed by atoms with E-state index in [1.165, 1.54) is 39.9 Å². The van der Waals surface area contributed by atoms with Gasteiger partial charge >= 0.3 is 0 Å².